The quantitative estimate of drug-likeness (QED) is 0.422. The molecular weight excluding hydrogens is 461 g/mol. The Balaban J connectivity index is 1.55. The second-order valence-electron chi connectivity index (χ2n) is 9.27. The molecule has 0 unspecified atom stereocenters. The monoisotopic (exact) mass is 487 g/mol. The van der Waals surface area contributed by atoms with Crippen molar-refractivity contribution in [1.82, 2.24) is 24.1 Å². The van der Waals surface area contributed by atoms with E-state index in [1.165, 1.54) is 12.1 Å². The standard InChI is InChI=1S/C27H26FN5O3/c1-4-18-15-21(26(36)32-14-13-31-12-6-9-22(31)27(32,2)3)29-23-16-20(30-33(18)23)19-8-5-7-17(25(19)28)10-11-24(34)35/h5-12,15-16H,4,13-14H2,1-3H3,(H,34,35)/b11-10+. The maximum Gasteiger partial charge on any atom is 0.328 e. The predicted octanol–water partition coefficient (Wildman–Crippen LogP) is 4.39. The summed E-state index contributed by atoms with van der Waals surface area (Å²) in [6.07, 6.45) is 4.72. The topological polar surface area (TPSA) is 92.7 Å². The average Bonchev–Trinajstić information content (AvgIpc) is 3.50. The number of aliphatic carboxylic acids is 1. The molecule has 0 aliphatic carbocycles. The Morgan fingerprint density at radius 3 is 2.72 bits per heavy atom. The van der Waals surface area contributed by atoms with Crippen molar-refractivity contribution >= 4 is 23.6 Å². The molecule has 4 heterocycles. The molecule has 0 fully saturated rings. The summed E-state index contributed by atoms with van der Waals surface area (Å²) in [6, 6.07) is 12.1. The van der Waals surface area contributed by atoms with Gasteiger partial charge in [-0.3, -0.25) is 4.79 Å². The maximum atomic E-state index is 15.2. The first-order valence-corrected chi connectivity index (χ1v) is 11.8. The van der Waals surface area contributed by atoms with Crippen LogP contribution in [-0.2, 0) is 23.3 Å². The van der Waals surface area contributed by atoms with E-state index in [-0.39, 0.29) is 17.0 Å². The van der Waals surface area contributed by atoms with E-state index in [0.717, 1.165) is 17.5 Å². The summed E-state index contributed by atoms with van der Waals surface area (Å²) >= 11 is 0. The molecule has 0 bridgehead atoms. The van der Waals surface area contributed by atoms with Crippen LogP contribution >= 0.6 is 0 Å². The van der Waals surface area contributed by atoms with E-state index in [1.54, 1.807) is 28.8 Å². The van der Waals surface area contributed by atoms with Crippen molar-refractivity contribution in [3.05, 3.63) is 83.2 Å². The SMILES string of the molecule is CCc1cc(C(=O)N2CCn3cccc3C2(C)C)nc2cc(-c3cccc(/C=C/C(=O)O)c3F)nn12. The van der Waals surface area contributed by atoms with Crippen molar-refractivity contribution in [2.45, 2.75) is 39.3 Å². The molecule has 1 aromatic carbocycles. The number of carbonyl (C=O) groups is 2. The number of hydrogen-bond acceptors (Lipinski definition) is 4. The van der Waals surface area contributed by atoms with Crippen LogP contribution in [0, 0.1) is 5.82 Å². The zero-order valence-electron chi connectivity index (χ0n) is 20.3. The minimum Gasteiger partial charge on any atom is -0.478 e. The van der Waals surface area contributed by atoms with Crippen LogP contribution < -0.4 is 0 Å². The van der Waals surface area contributed by atoms with Crippen LogP contribution in [0.2, 0.25) is 0 Å². The molecule has 3 aromatic heterocycles. The summed E-state index contributed by atoms with van der Waals surface area (Å²) in [5, 5.41) is 13.4. The minimum absolute atomic E-state index is 0.142. The number of carboxylic acid groups (broad SMARTS) is 1. The van der Waals surface area contributed by atoms with E-state index < -0.39 is 17.3 Å². The molecule has 1 N–H and O–H groups in total. The lowest BCUT2D eigenvalue weighted by atomic mass is 9.95. The third-order valence-electron chi connectivity index (χ3n) is 6.73. The van der Waals surface area contributed by atoms with Gasteiger partial charge in [-0.25, -0.2) is 18.7 Å². The Morgan fingerprint density at radius 1 is 1.17 bits per heavy atom. The van der Waals surface area contributed by atoms with Crippen LogP contribution in [-0.4, -0.2) is 47.6 Å². The molecule has 184 valence electrons. The lowest BCUT2D eigenvalue weighted by molar-refractivity contribution is -0.131. The van der Waals surface area contributed by atoms with Crippen LogP contribution in [0.3, 0.4) is 0 Å². The van der Waals surface area contributed by atoms with Crippen molar-refractivity contribution in [3.63, 3.8) is 0 Å². The molecule has 5 rings (SSSR count). The Labute approximate surface area is 207 Å². The molecule has 0 spiro atoms. The third-order valence-corrected chi connectivity index (χ3v) is 6.73. The molecule has 8 nitrogen and oxygen atoms in total. The Hall–Kier alpha value is -4.27. The van der Waals surface area contributed by atoms with E-state index >= 15 is 4.39 Å². The number of rotatable bonds is 5. The van der Waals surface area contributed by atoms with E-state index in [0.29, 0.717) is 36.5 Å². The van der Waals surface area contributed by atoms with E-state index in [1.807, 2.05) is 44.0 Å². The first-order valence-electron chi connectivity index (χ1n) is 11.8. The van der Waals surface area contributed by atoms with Crippen LogP contribution in [0.5, 0.6) is 0 Å². The van der Waals surface area contributed by atoms with E-state index in [2.05, 4.69) is 14.6 Å². The van der Waals surface area contributed by atoms with Crippen LogP contribution in [0.15, 0.2) is 54.7 Å². The first-order chi connectivity index (χ1) is 17.2. The molecule has 0 saturated heterocycles. The van der Waals surface area contributed by atoms with Gasteiger partial charge in [0.25, 0.3) is 5.91 Å². The largest absolute Gasteiger partial charge is 0.478 e. The molecule has 0 atom stereocenters. The summed E-state index contributed by atoms with van der Waals surface area (Å²) in [7, 11) is 0. The summed E-state index contributed by atoms with van der Waals surface area (Å²) in [5.74, 6) is -1.91. The molecule has 9 heteroatoms. The van der Waals surface area contributed by atoms with Gasteiger partial charge in [-0.05, 0) is 50.6 Å². The van der Waals surface area contributed by atoms with Crippen molar-refractivity contribution in [1.29, 1.82) is 0 Å². The number of aromatic nitrogens is 4. The van der Waals surface area contributed by atoms with Gasteiger partial charge < -0.3 is 14.6 Å². The zero-order valence-corrected chi connectivity index (χ0v) is 20.3. The highest BCUT2D eigenvalue weighted by Gasteiger charge is 2.38. The number of benzene rings is 1. The van der Waals surface area contributed by atoms with Crippen molar-refractivity contribution in [3.8, 4) is 11.3 Å². The second-order valence-corrected chi connectivity index (χ2v) is 9.27. The molecule has 1 aliphatic heterocycles. The van der Waals surface area contributed by atoms with Gasteiger partial charge in [-0.2, -0.15) is 5.10 Å². The fourth-order valence-electron chi connectivity index (χ4n) is 4.85. The van der Waals surface area contributed by atoms with Gasteiger partial charge in [-0.15, -0.1) is 0 Å². The van der Waals surface area contributed by atoms with Gasteiger partial charge in [-0.1, -0.05) is 19.1 Å². The fraction of sp³-hybridized carbons (Fsp3) is 0.259. The minimum atomic E-state index is -1.16. The number of carbonyl (C=O) groups excluding carboxylic acids is 1. The summed E-state index contributed by atoms with van der Waals surface area (Å²) in [6.45, 7) is 7.29. The molecule has 0 saturated carbocycles. The van der Waals surface area contributed by atoms with Gasteiger partial charge >= 0.3 is 5.97 Å². The first kappa shape index (κ1) is 23.5. The number of amides is 1. The summed E-state index contributed by atoms with van der Waals surface area (Å²) in [5.41, 5.74) is 2.81. The molecule has 4 aromatic rings. The number of nitrogens with zero attached hydrogens (tertiary/aromatic N) is 5. The average molecular weight is 488 g/mol. The highest BCUT2D eigenvalue weighted by atomic mass is 19.1. The highest BCUT2D eigenvalue weighted by Crippen LogP contribution is 2.33. The fourth-order valence-corrected chi connectivity index (χ4v) is 4.85. The van der Waals surface area contributed by atoms with Crippen molar-refractivity contribution < 1.29 is 19.1 Å². The van der Waals surface area contributed by atoms with Gasteiger partial charge in [0.1, 0.15) is 11.5 Å². The number of aryl methyl sites for hydroxylation is 1. The Bertz CT molecular complexity index is 1530. The number of carboxylic acids is 1. The Kier molecular flexibility index (Phi) is 5.70. The second kappa shape index (κ2) is 8.75. The predicted molar refractivity (Wildman–Crippen MR) is 133 cm³/mol. The van der Waals surface area contributed by atoms with Gasteiger partial charge in [0.15, 0.2) is 5.65 Å². The number of fused-ring (bicyclic) bond motifs is 2. The number of hydrogen-bond donors (Lipinski definition) is 1. The Morgan fingerprint density at radius 2 is 1.97 bits per heavy atom. The smallest absolute Gasteiger partial charge is 0.328 e. The van der Waals surface area contributed by atoms with Crippen LogP contribution in [0.1, 0.15) is 48.2 Å². The van der Waals surface area contributed by atoms with Gasteiger partial charge in [0.05, 0.1) is 11.2 Å². The third kappa shape index (κ3) is 3.86. The lowest BCUT2D eigenvalue weighted by Crippen LogP contribution is -2.51. The lowest BCUT2D eigenvalue weighted by Gasteiger charge is -2.43. The molecule has 36 heavy (non-hydrogen) atoms. The zero-order chi connectivity index (χ0) is 25.6. The molecule has 1 amide bonds. The summed E-state index contributed by atoms with van der Waals surface area (Å²) < 4.78 is 19.0. The van der Waals surface area contributed by atoms with E-state index in [4.69, 9.17) is 5.11 Å². The van der Waals surface area contributed by atoms with Crippen molar-refractivity contribution in [2.24, 2.45) is 0 Å². The maximum absolute atomic E-state index is 15.2. The van der Waals surface area contributed by atoms with Gasteiger partial charge in [0.2, 0.25) is 0 Å². The van der Waals surface area contributed by atoms with Crippen LogP contribution in [0.25, 0.3) is 23.0 Å². The molecule has 0 radical (unpaired) electrons. The normalized spacial score (nSPS) is 14.9. The van der Waals surface area contributed by atoms with E-state index in [9.17, 15) is 9.59 Å². The number of halogens is 1. The molecular formula is C27H26FN5O3. The highest BCUT2D eigenvalue weighted by molar-refractivity contribution is 5.93. The summed E-state index contributed by atoms with van der Waals surface area (Å²) in [4.78, 5) is 31.0. The van der Waals surface area contributed by atoms with Gasteiger partial charge in [0, 0.05) is 53.9 Å². The van der Waals surface area contributed by atoms with Crippen LogP contribution in [0.4, 0.5) is 4.39 Å². The van der Waals surface area contributed by atoms with Crippen molar-refractivity contribution in [2.75, 3.05) is 6.54 Å². The molecule has 1 aliphatic rings.